The Balaban J connectivity index is 2.38. The van der Waals surface area contributed by atoms with E-state index in [0.717, 1.165) is 5.75 Å². The van der Waals surface area contributed by atoms with Gasteiger partial charge in [-0.1, -0.05) is 12.1 Å². The van der Waals surface area contributed by atoms with Gasteiger partial charge < -0.3 is 10.1 Å². The zero-order valence-corrected chi connectivity index (χ0v) is 11.2. The highest BCUT2D eigenvalue weighted by molar-refractivity contribution is 7.10. The predicted octanol–water partition coefficient (Wildman–Crippen LogP) is 3.37. The third kappa shape index (κ3) is 2.51. The molecule has 3 heteroatoms. The van der Waals surface area contributed by atoms with E-state index < -0.39 is 0 Å². The maximum absolute atomic E-state index is 5.27. The Hall–Kier alpha value is -1.32. The molecule has 0 amide bonds. The molecule has 1 aromatic heterocycles. The van der Waals surface area contributed by atoms with Crippen LogP contribution in [0.5, 0.6) is 5.75 Å². The molecule has 0 fully saturated rings. The molecule has 0 saturated carbocycles. The molecule has 90 valence electrons. The Labute approximate surface area is 106 Å². The molecule has 0 radical (unpaired) electrons. The van der Waals surface area contributed by atoms with Gasteiger partial charge >= 0.3 is 0 Å². The van der Waals surface area contributed by atoms with Crippen LogP contribution in [-0.2, 0) is 0 Å². The van der Waals surface area contributed by atoms with Crippen LogP contribution in [0, 0.1) is 6.92 Å². The van der Waals surface area contributed by atoms with Gasteiger partial charge in [0.05, 0.1) is 13.2 Å². The van der Waals surface area contributed by atoms with Gasteiger partial charge in [0.2, 0.25) is 0 Å². The van der Waals surface area contributed by atoms with Crippen LogP contribution in [0.2, 0.25) is 0 Å². The van der Waals surface area contributed by atoms with E-state index in [4.69, 9.17) is 4.74 Å². The summed E-state index contributed by atoms with van der Waals surface area (Å²) < 4.78 is 5.27. The summed E-state index contributed by atoms with van der Waals surface area (Å²) in [7, 11) is 3.69. The Morgan fingerprint density at radius 1 is 1.29 bits per heavy atom. The van der Waals surface area contributed by atoms with Crippen molar-refractivity contribution in [3.05, 3.63) is 51.7 Å². The number of ether oxygens (including phenoxy) is 1. The maximum atomic E-state index is 5.27. The van der Waals surface area contributed by atoms with Gasteiger partial charge in [-0.2, -0.15) is 0 Å². The highest BCUT2D eigenvalue weighted by atomic mass is 32.1. The molecule has 2 aromatic rings. The van der Waals surface area contributed by atoms with Gasteiger partial charge in [0.15, 0.2) is 0 Å². The standard InChI is InChI=1S/C14H17NOS/c1-10-7-8-17-14(10)13(15-2)11-5-4-6-12(9-11)16-3/h4-9,13,15H,1-3H3. The van der Waals surface area contributed by atoms with E-state index in [2.05, 4.69) is 35.8 Å². The monoisotopic (exact) mass is 247 g/mol. The van der Waals surface area contributed by atoms with Crippen molar-refractivity contribution in [3.8, 4) is 5.75 Å². The molecular weight excluding hydrogens is 230 g/mol. The van der Waals surface area contributed by atoms with Crippen LogP contribution in [-0.4, -0.2) is 14.2 Å². The van der Waals surface area contributed by atoms with Crippen molar-refractivity contribution < 1.29 is 4.74 Å². The van der Waals surface area contributed by atoms with Crippen molar-refractivity contribution in [1.82, 2.24) is 5.32 Å². The lowest BCUT2D eigenvalue weighted by Crippen LogP contribution is -2.17. The number of aryl methyl sites for hydroxylation is 1. The maximum Gasteiger partial charge on any atom is 0.119 e. The summed E-state index contributed by atoms with van der Waals surface area (Å²) in [4.78, 5) is 1.36. The second kappa shape index (κ2) is 5.34. The average Bonchev–Trinajstić information content (AvgIpc) is 2.77. The summed E-state index contributed by atoms with van der Waals surface area (Å²) in [6.45, 7) is 2.15. The van der Waals surface area contributed by atoms with Crippen LogP contribution >= 0.6 is 11.3 Å². The fourth-order valence-electron chi connectivity index (χ4n) is 1.95. The number of hydrogen-bond acceptors (Lipinski definition) is 3. The van der Waals surface area contributed by atoms with Crippen LogP contribution in [0.1, 0.15) is 22.0 Å². The van der Waals surface area contributed by atoms with Crippen molar-refractivity contribution in [3.63, 3.8) is 0 Å². The average molecular weight is 247 g/mol. The summed E-state index contributed by atoms with van der Waals surface area (Å²) in [5.41, 5.74) is 2.56. The van der Waals surface area contributed by atoms with E-state index >= 15 is 0 Å². The second-order valence-corrected chi connectivity index (χ2v) is 4.91. The molecule has 0 aliphatic heterocycles. The first-order chi connectivity index (χ1) is 8.26. The Bertz CT molecular complexity index is 492. The van der Waals surface area contributed by atoms with Crippen molar-refractivity contribution in [2.75, 3.05) is 14.2 Å². The first-order valence-corrected chi connectivity index (χ1v) is 6.49. The molecule has 17 heavy (non-hydrogen) atoms. The fraction of sp³-hybridized carbons (Fsp3) is 0.286. The molecule has 2 nitrogen and oxygen atoms in total. The van der Waals surface area contributed by atoms with Gasteiger partial charge in [-0.05, 0) is 48.7 Å². The van der Waals surface area contributed by atoms with Crippen molar-refractivity contribution in [2.45, 2.75) is 13.0 Å². The van der Waals surface area contributed by atoms with Crippen LogP contribution in [0.3, 0.4) is 0 Å². The van der Waals surface area contributed by atoms with E-state index in [1.807, 2.05) is 19.2 Å². The second-order valence-electron chi connectivity index (χ2n) is 3.97. The predicted molar refractivity (Wildman–Crippen MR) is 73.0 cm³/mol. The molecule has 1 unspecified atom stereocenters. The summed E-state index contributed by atoms with van der Waals surface area (Å²) in [5, 5.41) is 5.50. The molecular formula is C14H17NOS. The first kappa shape index (κ1) is 12.1. The van der Waals surface area contributed by atoms with E-state index in [1.165, 1.54) is 16.0 Å². The van der Waals surface area contributed by atoms with E-state index in [-0.39, 0.29) is 6.04 Å². The lowest BCUT2D eigenvalue weighted by molar-refractivity contribution is 0.414. The third-order valence-electron chi connectivity index (χ3n) is 2.88. The van der Waals surface area contributed by atoms with E-state index in [1.54, 1.807) is 18.4 Å². The van der Waals surface area contributed by atoms with E-state index in [0.29, 0.717) is 0 Å². The van der Waals surface area contributed by atoms with Gasteiger partial charge in [-0.3, -0.25) is 0 Å². The smallest absolute Gasteiger partial charge is 0.119 e. The number of thiophene rings is 1. The largest absolute Gasteiger partial charge is 0.497 e. The summed E-state index contributed by atoms with van der Waals surface area (Å²) >= 11 is 1.79. The first-order valence-electron chi connectivity index (χ1n) is 5.61. The van der Waals surface area contributed by atoms with Crippen molar-refractivity contribution >= 4 is 11.3 Å². The molecule has 2 rings (SSSR count). The number of benzene rings is 1. The minimum absolute atomic E-state index is 0.241. The topological polar surface area (TPSA) is 21.3 Å². The van der Waals surface area contributed by atoms with Crippen LogP contribution in [0.15, 0.2) is 35.7 Å². The summed E-state index contributed by atoms with van der Waals surface area (Å²) in [6.07, 6.45) is 0. The van der Waals surface area contributed by atoms with E-state index in [9.17, 15) is 0 Å². The van der Waals surface area contributed by atoms with Gasteiger partial charge in [-0.15, -0.1) is 11.3 Å². The molecule has 0 saturated heterocycles. The zero-order valence-electron chi connectivity index (χ0n) is 10.4. The number of hydrogen-bond donors (Lipinski definition) is 1. The molecule has 0 bridgehead atoms. The van der Waals surface area contributed by atoms with Crippen LogP contribution in [0.4, 0.5) is 0 Å². The third-order valence-corrected chi connectivity index (χ3v) is 3.96. The quantitative estimate of drug-likeness (QED) is 0.894. The van der Waals surface area contributed by atoms with Gasteiger partial charge in [-0.25, -0.2) is 0 Å². The van der Waals surface area contributed by atoms with Crippen LogP contribution < -0.4 is 10.1 Å². The summed E-state index contributed by atoms with van der Waals surface area (Å²) in [5.74, 6) is 0.900. The molecule has 1 N–H and O–H groups in total. The Morgan fingerprint density at radius 3 is 2.71 bits per heavy atom. The highest BCUT2D eigenvalue weighted by Crippen LogP contribution is 2.30. The Morgan fingerprint density at radius 2 is 2.12 bits per heavy atom. The fourth-order valence-corrected chi connectivity index (χ4v) is 3.01. The molecule has 1 heterocycles. The van der Waals surface area contributed by atoms with Crippen molar-refractivity contribution in [1.29, 1.82) is 0 Å². The normalized spacial score (nSPS) is 12.4. The van der Waals surface area contributed by atoms with Crippen LogP contribution in [0.25, 0.3) is 0 Å². The molecule has 0 aliphatic carbocycles. The summed E-state index contributed by atoms with van der Waals surface area (Å²) in [6, 6.07) is 10.6. The molecule has 0 spiro atoms. The minimum Gasteiger partial charge on any atom is -0.497 e. The van der Waals surface area contributed by atoms with Gasteiger partial charge in [0.1, 0.15) is 5.75 Å². The molecule has 0 aliphatic rings. The highest BCUT2D eigenvalue weighted by Gasteiger charge is 2.15. The minimum atomic E-state index is 0.241. The lowest BCUT2D eigenvalue weighted by Gasteiger charge is -2.17. The number of rotatable bonds is 4. The van der Waals surface area contributed by atoms with Crippen molar-refractivity contribution in [2.24, 2.45) is 0 Å². The number of methoxy groups -OCH3 is 1. The zero-order chi connectivity index (χ0) is 12.3. The van der Waals surface area contributed by atoms with Gasteiger partial charge in [0, 0.05) is 4.88 Å². The van der Waals surface area contributed by atoms with Gasteiger partial charge in [0.25, 0.3) is 0 Å². The Kier molecular flexibility index (Phi) is 3.82. The lowest BCUT2D eigenvalue weighted by atomic mass is 10.0. The molecule has 1 aromatic carbocycles. The SMILES string of the molecule is CNC(c1cccc(OC)c1)c1sccc1C. The molecule has 1 atom stereocenters. The number of nitrogens with one attached hydrogen (secondary N) is 1.